The zero-order valence-electron chi connectivity index (χ0n) is 8.37. The first-order chi connectivity index (χ1) is 6.93. The predicted molar refractivity (Wildman–Crippen MR) is 54.7 cm³/mol. The van der Waals surface area contributed by atoms with Gasteiger partial charge in [0.1, 0.15) is 12.5 Å². The van der Waals surface area contributed by atoms with Crippen molar-refractivity contribution in [3.05, 3.63) is 0 Å². The Kier molecular flexibility index (Phi) is 2.06. The number of amidine groups is 1. The Labute approximate surface area is 84.1 Å². The Balaban J connectivity index is 1.64. The van der Waals surface area contributed by atoms with Crippen LogP contribution in [0, 0.1) is 0 Å². The average molecular weight is 195 g/mol. The number of hydrogen-bond donors (Lipinski definition) is 2. The molecule has 0 aliphatic carbocycles. The molecule has 0 amide bonds. The Morgan fingerprint density at radius 3 is 3.00 bits per heavy atom. The third-order valence-electron chi connectivity index (χ3n) is 3.31. The number of fused-ring (bicyclic) bond motifs is 1. The van der Waals surface area contributed by atoms with Crippen molar-refractivity contribution in [1.29, 1.82) is 0 Å². The van der Waals surface area contributed by atoms with Gasteiger partial charge in [-0.1, -0.05) is 0 Å². The van der Waals surface area contributed by atoms with Gasteiger partial charge in [-0.05, 0) is 25.9 Å². The van der Waals surface area contributed by atoms with Crippen LogP contribution in [-0.4, -0.2) is 54.6 Å². The molecule has 3 aliphatic heterocycles. The minimum absolute atomic E-state index is 0.538. The topological polar surface area (TPSA) is 42.9 Å². The number of hydrogen-bond acceptors (Lipinski definition) is 5. The van der Waals surface area contributed by atoms with E-state index < -0.39 is 0 Å². The van der Waals surface area contributed by atoms with Gasteiger partial charge in [0.2, 0.25) is 0 Å². The number of hydrazone groups is 1. The van der Waals surface area contributed by atoms with Crippen molar-refractivity contribution < 1.29 is 0 Å². The normalized spacial score (nSPS) is 32.7. The average Bonchev–Trinajstić information content (AvgIpc) is 2.88. The maximum absolute atomic E-state index is 4.23. The highest BCUT2D eigenvalue weighted by Crippen LogP contribution is 2.14. The summed E-state index contributed by atoms with van der Waals surface area (Å²) in [4.78, 5) is 4.88. The van der Waals surface area contributed by atoms with E-state index in [1.54, 1.807) is 0 Å². The molecule has 3 aliphatic rings. The first-order valence-corrected chi connectivity index (χ1v) is 5.45. The van der Waals surface area contributed by atoms with Crippen molar-refractivity contribution in [2.75, 3.05) is 32.8 Å². The van der Waals surface area contributed by atoms with E-state index in [1.165, 1.54) is 31.8 Å². The molecule has 3 rings (SSSR count). The summed E-state index contributed by atoms with van der Waals surface area (Å²) in [7, 11) is 0. The van der Waals surface area contributed by atoms with E-state index in [0.717, 1.165) is 19.8 Å². The lowest BCUT2D eigenvalue weighted by Crippen LogP contribution is -2.59. The molecule has 0 bridgehead atoms. The largest absolute Gasteiger partial charge is 0.336 e. The molecular formula is C9H17N5. The molecule has 2 N–H and O–H groups in total. The van der Waals surface area contributed by atoms with Gasteiger partial charge < -0.3 is 4.90 Å². The molecule has 0 aromatic carbocycles. The lowest BCUT2D eigenvalue weighted by atomic mass is 10.3. The molecule has 5 heteroatoms. The van der Waals surface area contributed by atoms with Crippen molar-refractivity contribution in [2.45, 2.75) is 19.0 Å². The molecule has 3 heterocycles. The van der Waals surface area contributed by atoms with E-state index in [2.05, 4.69) is 25.6 Å². The fraction of sp³-hybridized carbons (Fsp3) is 0.889. The number of nitrogens with one attached hydrogen (secondary N) is 2. The van der Waals surface area contributed by atoms with Crippen LogP contribution in [0.4, 0.5) is 0 Å². The van der Waals surface area contributed by atoms with Gasteiger partial charge in [-0.25, -0.2) is 0 Å². The molecule has 0 spiro atoms. The summed E-state index contributed by atoms with van der Waals surface area (Å²) in [6.07, 6.45) is 3.26. The highest BCUT2D eigenvalue weighted by Gasteiger charge is 2.30. The molecule has 0 aromatic rings. The van der Waals surface area contributed by atoms with Gasteiger partial charge in [0.05, 0.1) is 12.7 Å². The van der Waals surface area contributed by atoms with Crippen molar-refractivity contribution in [1.82, 2.24) is 20.5 Å². The second-order valence-electron chi connectivity index (χ2n) is 4.21. The molecule has 2 saturated heterocycles. The maximum atomic E-state index is 4.23. The Morgan fingerprint density at radius 2 is 2.14 bits per heavy atom. The number of rotatable bonds is 1. The molecule has 5 nitrogen and oxygen atoms in total. The third-order valence-corrected chi connectivity index (χ3v) is 3.31. The maximum Gasteiger partial charge on any atom is 0.140 e. The first-order valence-electron chi connectivity index (χ1n) is 5.45. The summed E-state index contributed by atoms with van der Waals surface area (Å²) in [6.45, 7) is 5.39. The van der Waals surface area contributed by atoms with E-state index in [0.29, 0.717) is 6.17 Å². The van der Waals surface area contributed by atoms with Crippen LogP contribution in [0.25, 0.3) is 0 Å². The lowest BCUT2D eigenvalue weighted by molar-refractivity contribution is 0.159. The monoisotopic (exact) mass is 195 g/mol. The zero-order chi connectivity index (χ0) is 9.38. The van der Waals surface area contributed by atoms with Gasteiger partial charge in [0.15, 0.2) is 0 Å². The van der Waals surface area contributed by atoms with E-state index in [9.17, 15) is 0 Å². The van der Waals surface area contributed by atoms with Crippen LogP contribution in [0.15, 0.2) is 5.10 Å². The van der Waals surface area contributed by atoms with Gasteiger partial charge in [0, 0.05) is 6.54 Å². The van der Waals surface area contributed by atoms with Crippen molar-refractivity contribution in [3.8, 4) is 0 Å². The van der Waals surface area contributed by atoms with Crippen LogP contribution in [0.3, 0.4) is 0 Å². The zero-order valence-corrected chi connectivity index (χ0v) is 8.37. The number of likely N-dealkylation sites (tertiary alicyclic amines) is 1. The van der Waals surface area contributed by atoms with Crippen molar-refractivity contribution in [3.63, 3.8) is 0 Å². The van der Waals surface area contributed by atoms with Gasteiger partial charge in [0.25, 0.3) is 0 Å². The molecule has 2 fully saturated rings. The minimum Gasteiger partial charge on any atom is -0.336 e. The summed E-state index contributed by atoms with van der Waals surface area (Å²) < 4.78 is 0. The smallest absolute Gasteiger partial charge is 0.140 e. The minimum atomic E-state index is 0.538. The van der Waals surface area contributed by atoms with Gasteiger partial charge in [-0.2, -0.15) is 5.10 Å². The van der Waals surface area contributed by atoms with E-state index in [4.69, 9.17) is 0 Å². The second kappa shape index (κ2) is 3.40. The van der Waals surface area contributed by atoms with Crippen LogP contribution in [0.1, 0.15) is 12.8 Å². The van der Waals surface area contributed by atoms with Gasteiger partial charge in [-0.15, -0.1) is 0 Å². The number of nitrogens with zero attached hydrogens (tertiary/aromatic N) is 3. The van der Waals surface area contributed by atoms with E-state index >= 15 is 0 Å². The number of piperazine rings is 1. The Bertz CT molecular complexity index is 246. The van der Waals surface area contributed by atoms with Crippen LogP contribution >= 0.6 is 0 Å². The molecule has 14 heavy (non-hydrogen) atoms. The quantitative estimate of drug-likeness (QED) is 0.574. The highest BCUT2D eigenvalue weighted by molar-refractivity contribution is 5.85. The predicted octanol–water partition coefficient (Wildman–Crippen LogP) is -0.812. The first kappa shape index (κ1) is 8.49. The van der Waals surface area contributed by atoms with Crippen LogP contribution in [0.5, 0.6) is 0 Å². The summed E-state index contributed by atoms with van der Waals surface area (Å²) in [5.74, 6) is 1.17. The highest BCUT2D eigenvalue weighted by atomic mass is 15.5. The Hall–Kier alpha value is -0.810. The summed E-state index contributed by atoms with van der Waals surface area (Å²) >= 11 is 0. The summed E-state index contributed by atoms with van der Waals surface area (Å²) in [5.41, 5.74) is 3.03. The third kappa shape index (κ3) is 1.36. The fourth-order valence-corrected chi connectivity index (χ4v) is 2.48. The molecular weight excluding hydrogens is 178 g/mol. The lowest BCUT2D eigenvalue weighted by Gasteiger charge is -2.37. The molecule has 1 atom stereocenters. The molecule has 0 radical (unpaired) electrons. The molecule has 0 saturated carbocycles. The van der Waals surface area contributed by atoms with Crippen molar-refractivity contribution >= 4 is 5.84 Å². The van der Waals surface area contributed by atoms with Gasteiger partial charge >= 0.3 is 0 Å². The summed E-state index contributed by atoms with van der Waals surface area (Å²) in [6, 6.07) is 0. The molecule has 1 unspecified atom stereocenters. The van der Waals surface area contributed by atoms with Gasteiger partial charge in [-0.3, -0.25) is 15.6 Å². The van der Waals surface area contributed by atoms with Crippen LogP contribution < -0.4 is 10.7 Å². The van der Waals surface area contributed by atoms with E-state index in [-0.39, 0.29) is 0 Å². The van der Waals surface area contributed by atoms with Crippen LogP contribution in [-0.2, 0) is 0 Å². The van der Waals surface area contributed by atoms with Crippen LogP contribution in [0.2, 0.25) is 0 Å². The second-order valence-corrected chi connectivity index (χ2v) is 4.21. The van der Waals surface area contributed by atoms with E-state index in [1.807, 2.05) is 0 Å². The molecule has 0 aromatic heterocycles. The summed E-state index contributed by atoms with van der Waals surface area (Å²) in [5, 5.41) is 7.78. The molecule has 78 valence electrons. The SMILES string of the molecule is C1CCN(C2CN3CNN=C3CN2)C1. The fourth-order valence-electron chi connectivity index (χ4n) is 2.48. The Morgan fingerprint density at radius 1 is 1.29 bits per heavy atom. The standard InChI is InChI=1S/C9H17N5/c1-2-4-13(3-1)9-6-14-7-11-12-8(14)5-10-9/h9-11H,1-7H2. The van der Waals surface area contributed by atoms with Crippen molar-refractivity contribution in [2.24, 2.45) is 5.10 Å².